The van der Waals surface area contributed by atoms with E-state index in [2.05, 4.69) is 4.72 Å². The summed E-state index contributed by atoms with van der Waals surface area (Å²) in [6.45, 7) is 5.36. The molecule has 0 amide bonds. The van der Waals surface area contributed by atoms with Crippen molar-refractivity contribution in [3.8, 4) is 5.75 Å². The molecule has 20 heavy (non-hydrogen) atoms. The van der Waals surface area contributed by atoms with E-state index in [0.29, 0.717) is 37.7 Å². The van der Waals surface area contributed by atoms with E-state index in [1.54, 1.807) is 18.2 Å². The average Bonchev–Trinajstić information content (AvgIpc) is 2.41. The minimum Gasteiger partial charge on any atom is -0.489 e. The summed E-state index contributed by atoms with van der Waals surface area (Å²) in [5.41, 5.74) is 0.452. The lowest BCUT2D eigenvalue weighted by Crippen LogP contribution is -2.43. The Morgan fingerprint density at radius 1 is 1.25 bits per heavy atom. The van der Waals surface area contributed by atoms with Crippen molar-refractivity contribution >= 4 is 15.9 Å². The molecule has 112 valence electrons. The largest absolute Gasteiger partial charge is 0.489 e. The van der Waals surface area contributed by atoms with Crippen LogP contribution in [0.1, 0.15) is 13.8 Å². The van der Waals surface area contributed by atoms with Crippen LogP contribution in [0.5, 0.6) is 5.75 Å². The number of nitrogens with zero attached hydrogens (tertiary/aromatic N) is 1. The molecule has 0 spiro atoms. The Morgan fingerprint density at radius 2 is 1.90 bits per heavy atom. The lowest BCUT2D eigenvalue weighted by atomic mass is 10.3. The van der Waals surface area contributed by atoms with Gasteiger partial charge in [0.15, 0.2) is 0 Å². The number of hydrogen-bond donors (Lipinski definition) is 1. The molecule has 1 aromatic rings. The minimum atomic E-state index is -3.57. The summed E-state index contributed by atoms with van der Waals surface area (Å²) < 4.78 is 39.3. The summed E-state index contributed by atoms with van der Waals surface area (Å²) >= 11 is 0. The lowest BCUT2D eigenvalue weighted by molar-refractivity contribution is 0.0733. The number of hydrogen-bond acceptors (Lipinski definition) is 4. The first kappa shape index (κ1) is 15.1. The van der Waals surface area contributed by atoms with E-state index in [9.17, 15) is 8.42 Å². The maximum absolute atomic E-state index is 12.3. The van der Waals surface area contributed by atoms with Crippen molar-refractivity contribution in [2.24, 2.45) is 0 Å². The number of benzene rings is 1. The van der Waals surface area contributed by atoms with Crippen molar-refractivity contribution in [3.05, 3.63) is 24.3 Å². The van der Waals surface area contributed by atoms with Crippen LogP contribution >= 0.6 is 0 Å². The van der Waals surface area contributed by atoms with Crippen LogP contribution in [0.15, 0.2) is 24.3 Å². The minimum absolute atomic E-state index is 0.0240. The van der Waals surface area contributed by atoms with Gasteiger partial charge in [-0.1, -0.05) is 12.1 Å². The second-order valence-electron chi connectivity index (χ2n) is 4.78. The van der Waals surface area contributed by atoms with E-state index >= 15 is 0 Å². The van der Waals surface area contributed by atoms with Gasteiger partial charge in [-0.15, -0.1) is 0 Å². The highest BCUT2D eigenvalue weighted by atomic mass is 32.2. The molecule has 1 N–H and O–H groups in total. The fourth-order valence-corrected chi connectivity index (χ4v) is 3.10. The number of nitrogens with one attached hydrogen (secondary N) is 1. The van der Waals surface area contributed by atoms with Gasteiger partial charge in [-0.25, -0.2) is 0 Å². The van der Waals surface area contributed by atoms with Gasteiger partial charge in [0.25, 0.3) is 0 Å². The predicted molar refractivity (Wildman–Crippen MR) is 77.1 cm³/mol. The molecule has 0 radical (unpaired) electrons. The summed E-state index contributed by atoms with van der Waals surface area (Å²) in [7, 11) is -3.57. The molecule has 2 rings (SSSR count). The molecule has 1 aliphatic heterocycles. The fourth-order valence-electron chi connectivity index (χ4n) is 1.90. The second-order valence-corrected chi connectivity index (χ2v) is 6.45. The quantitative estimate of drug-likeness (QED) is 0.894. The summed E-state index contributed by atoms with van der Waals surface area (Å²) in [5.74, 6) is 0.527. The third-order valence-corrected chi connectivity index (χ3v) is 4.32. The molecular weight excluding hydrogens is 280 g/mol. The van der Waals surface area contributed by atoms with Gasteiger partial charge < -0.3 is 9.47 Å². The Balaban J connectivity index is 2.16. The average molecular weight is 300 g/mol. The molecule has 1 fully saturated rings. The van der Waals surface area contributed by atoms with E-state index in [0.717, 1.165) is 0 Å². The second kappa shape index (κ2) is 6.43. The first-order valence-corrected chi connectivity index (χ1v) is 8.04. The lowest BCUT2D eigenvalue weighted by Gasteiger charge is -2.27. The van der Waals surface area contributed by atoms with E-state index < -0.39 is 10.2 Å². The van der Waals surface area contributed by atoms with Crippen molar-refractivity contribution in [2.75, 3.05) is 31.0 Å². The number of rotatable bonds is 5. The van der Waals surface area contributed by atoms with E-state index in [4.69, 9.17) is 9.47 Å². The number of ether oxygens (including phenoxy) is 2. The first-order chi connectivity index (χ1) is 9.49. The number of para-hydroxylation sites is 2. The Kier molecular flexibility index (Phi) is 4.85. The van der Waals surface area contributed by atoms with Crippen LogP contribution < -0.4 is 9.46 Å². The van der Waals surface area contributed by atoms with Crippen LogP contribution in [0.4, 0.5) is 5.69 Å². The highest BCUT2D eigenvalue weighted by molar-refractivity contribution is 7.90. The maximum atomic E-state index is 12.3. The van der Waals surface area contributed by atoms with Crippen molar-refractivity contribution in [3.63, 3.8) is 0 Å². The molecular formula is C13H20N2O4S. The standard InChI is InChI=1S/C13H20N2O4S/c1-11(2)19-13-6-4-3-5-12(13)14-20(16,17)15-7-9-18-10-8-15/h3-6,11,14H,7-10H2,1-2H3. The highest BCUT2D eigenvalue weighted by Gasteiger charge is 2.25. The predicted octanol–water partition coefficient (Wildman–Crippen LogP) is 1.46. The zero-order valence-electron chi connectivity index (χ0n) is 11.7. The van der Waals surface area contributed by atoms with Crippen LogP contribution in [0.25, 0.3) is 0 Å². The van der Waals surface area contributed by atoms with Gasteiger partial charge in [0, 0.05) is 13.1 Å². The molecule has 0 aliphatic carbocycles. The molecule has 7 heteroatoms. The first-order valence-electron chi connectivity index (χ1n) is 6.60. The number of anilines is 1. The Bertz CT molecular complexity index is 539. The van der Waals surface area contributed by atoms with Crippen LogP contribution in [-0.4, -0.2) is 45.1 Å². The molecule has 1 saturated heterocycles. The summed E-state index contributed by atoms with van der Waals surface area (Å²) in [6.07, 6.45) is -0.0240. The third-order valence-electron chi connectivity index (χ3n) is 2.80. The monoisotopic (exact) mass is 300 g/mol. The molecule has 1 heterocycles. The molecule has 1 aromatic carbocycles. The summed E-state index contributed by atoms with van der Waals surface area (Å²) in [5, 5.41) is 0. The smallest absolute Gasteiger partial charge is 0.301 e. The molecule has 0 unspecified atom stereocenters. The fraction of sp³-hybridized carbons (Fsp3) is 0.538. The third kappa shape index (κ3) is 3.84. The Morgan fingerprint density at radius 3 is 2.55 bits per heavy atom. The van der Waals surface area contributed by atoms with Crippen molar-refractivity contribution in [2.45, 2.75) is 20.0 Å². The molecule has 6 nitrogen and oxygen atoms in total. The summed E-state index contributed by atoms with van der Waals surface area (Å²) in [6, 6.07) is 7.02. The Hall–Kier alpha value is -1.31. The van der Waals surface area contributed by atoms with E-state index in [1.807, 2.05) is 19.9 Å². The van der Waals surface area contributed by atoms with Crippen LogP contribution in [0, 0.1) is 0 Å². The zero-order chi connectivity index (χ0) is 14.6. The van der Waals surface area contributed by atoms with E-state index in [-0.39, 0.29) is 6.10 Å². The van der Waals surface area contributed by atoms with Gasteiger partial charge >= 0.3 is 10.2 Å². The Labute approximate surface area is 119 Å². The van der Waals surface area contributed by atoms with Gasteiger partial charge in [-0.3, -0.25) is 4.72 Å². The normalized spacial score (nSPS) is 17.1. The molecule has 1 aliphatic rings. The topological polar surface area (TPSA) is 67.9 Å². The molecule has 0 atom stereocenters. The van der Waals surface area contributed by atoms with Crippen molar-refractivity contribution in [1.29, 1.82) is 0 Å². The van der Waals surface area contributed by atoms with Crippen LogP contribution in [0.2, 0.25) is 0 Å². The summed E-state index contributed by atoms with van der Waals surface area (Å²) in [4.78, 5) is 0. The molecule has 0 bridgehead atoms. The van der Waals surface area contributed by atoms with Gasteiger partial charge in [-0.05, 0) is 26.0 Å². The van der Waals surface area contributed by atoms with Gasteiger partial charge in [-0.2, -0.15) is 12.7 Å². The van der Waals surface area contributed by atoms with Crippen molar-refractivity contribution in [1.82, 2.24) is 4.31 Å². The molecule has 0 aromatic heterocycles. The van der Waals surface area contributed by atoms with Gasteiger partial charge in [0.05, 0.1) is 25.0 Å². The molecule has 0 saturated carbocycles. The van der Waals surface area contributed by atoms with Crippen molar-refractivity contribution < 1.29 is 17.9 Å². The van der Waals surface area contributed by atoms with Crippen LogP contribution in [-0.2, 0) is 14.9 Å². The maximum Gasteiger partial charge on any atom is 0.301 e. The van der Waals surface area contributed by atoms with E-state index in [1.165, 1.54) is 4.31 Å². The van der Waals surface area contributed by atoms with Crippen LogP contribution in [0.3, 0.4) is 0 Å². The van der Waals surface area contributed by atoms with Gasteiger partial charge in [0.1, 0.15) is 5.75 Å². The van der Waals surface area contributed by atoms with Gasteiger partial charge in [0.2, 0.25) is 0 Å². The zero-order valence-corrected chi connectivity index (χ0v) is 12.5. The SMILES string of the molecule is CC(C)Oc1ccccc1NS(=O)(=O)N1CCOCC1. The highest BCUT2D eigenvalue weighted by Crippen LogP contribution is 2.26. The number of morpholine rings is 1.